The maximum absolute atomic E-state index is 12.4. The Morgan fingerprint density at radius 3 is 1.45 bits per heavy atom. The molecule has 0 aliphatic carbocycles. The Labute approximate surface area is 333 Å². The molecule has 13 N–H and O–H groups in total. The topological polar surface area (TPSA) is 440 Å². The summed E-state index contributed by atoms with van der Waals surface area (Å²) < 4.78 is 131. The number of rotatable bonds is 5. The second-order valence-electron chi connectivity index (χ2n) is 10.2. The van der Waals surface area contributed by atoms with E-state index in [0.717, 1.165) is 24.1 Å². The van der Waals surface area contributed by atoms with Crippen LogP contribution in [0.1, 0.15) is 11.1 Å². The minimum atomic E-state index is -5.14. The van der Waals surface area contributed by atoms with E-state index in [4.69, 9.17) is 100 Å². The zero-order chi connectivity index (χ0) is 48.1. The fraction of sp³-hybridized carbons (Fsp3) is 0.333. The van der Waals surface area contributed by atoms with Crippen molar-refractivity contribution in [3.05, 3.63) is 47.5 Å². The van der Waals surface area contributed by atoms with Crippen molar-refractivity contribution in [2.24, 2.45) is 0 Å². The number of nitriles is 1. The molecule has 0 radical (unpaired) electrons. The highest BCUT2D eigenvalue weighted by Gasteiger charge is 2.27. The molecule has 1 saturated heterocycles. The van der Waals surface area contributed by atoms with Crippen molar-refractivity contribution in [2.75, 3.05) is 39.8 Å². The lowest BCUT2D eigenvalue weighted by atomic mass is 9.80. The fourth-order valence-corrected chi connectivity index (χ4v) is 3.47. The van der Waals surface area contributed by atoms with Crippen LogP contribution >= 0.6 is 47.4 Å². The predicted octanol–water partition coefficient (Wildman–Crippen LogP) is 1.01. The number of amides is 1. The van der Waals surface area contributed by atoms with Crippen LogP contribution in [0.5, 0.6) is 17.2 Å². The SMILES string of the molecule is CN1CCN(C(=O)COc2cc(Oc3ccc4c(c3)COB4O)ccc2C#N)CC1.O=P(O)(O)F.O=P(O)(O)F.O=P(O)(O)F.O=P(O)(O)F.O=P(O)(O)F.O=P(O)(O)F. The molecule has 0 saturated carbocycles. The Bertz CT molecular complexity index is 1780. The van der Waals surface area contributed by atoms with Crippen LogP contribution in [-0.4, -0.2) is 126 Å². The number of piperazine rings is 1. The molecule has 1 fully saturated rings. The van der Waals surface area contributed by atoms with Crippen LogP contribution in [0, 0.1) is 11.3 Å². The standard InChI is InChI=1S/C21H22BN3O5.6FH2O3P/c1-24-6-8-25(9-7-24)21(26)14-28-20-11-18(3-2-15(20)12-23)30-17-4-5-19-16(10-17)13-29-22(19)27;6*1-5(2,3)4/h2-5,10-11,27H,6-9,13-14H2,1H3;6*(H2,2,3,4). The van der Waals surface area contributed by atoms with E-state index < -0.39 is 54.6 Å². The lowest BCUT2D eigenvalue weighted by molar-refractivity contribution is -0.134. The number of nitrogens with zero attached hydrogens (tertiary/aromatic N) is 3. The zero-order valence-electron chi connectivity index (χ0n) is 29.5. The second kappa shape index (κ2) is 27.5. The van der Waals surface area contributed by atoms with Gasteiger partial charge >= 0.3 is 54.6 Å². The Morgan fingerprint density at radius 1 is 0.700 bits per heavy atom. The van der Waals surface area contributed by atoms with Crippen molar-refractivity contribution in [1.29, 1.82) is 5.26 Å². The van der Waals surface area contributed by atoms with Crippen molar-refractivity contribution in [3.8, 4) is 23.3 Å². The van der Waals surface area contributed by atoms with Gasteiger partial charge in [-0.1, -0.05) is 6.07 Å². The quantitative estimate of drug-likeness (QED) is 0.113. The molecule has 0 atom stereocenters. The van der Waals surface area contributed by atoms with Crippen LogP contribution in [0.25, 0.3) is 0 Å². The van der Waals surface area contributed by atoms with Crippen molar-refractivity contribution in [1.82, 2.24) is 9.80 Å². The van der Waals surface area contributed by atoms with Crippen molar-refractivity contribution >= 4 is 65.9 Å². The molecule has 2 aliphatic heterocycles. The number of fused-ring (bicyclic) bond motifs is 1. The highest BCUT2D eigenvalue weighted by atomic mass is 31.2. The van der Waals surface area contributed by atoms with Gasteiger partial charge in [-0.3, -0.25) is 63.5 Å². The van der Waals surface area contributed by atoms with Gasteiger partial charge in [-0.2, -0.15) is 5.26 Å². The molecule has 0 spiro atoms. The molecule has 2 aromatic carbocycles. The maximum Gasteiger partial charge on any atom is 0.507 e. The lowest BCUT2D eigenvalue weighted by Gasteiger charge is -2.32. The first kappa shape index (κ1) is 61.7. The van der Waals surface area contributed by atoms with Gasteiger partial charge in [0.25, 0.3) is 5.91 Å². The third kappa shape index (κ3) is 49.8. The molecule has 39 heteroatoms. The van der Waals surface area contributed by atoms with Crippen LogP contribution in [-0.2, 0) is 43.4 Å². The third-order valence-corrected chi connectivity index (χ3v) is 5.29. The summed E-state index contributed by atoms with van der Waals surface area (Å²) in [6, 6.07) is 12.3. The van der Waals surface area contributed by atoms with E-state index in [1.165, 1.54) is 0 Å². The molecule has 346 valence electrons. The summed E-state index contributed by atoms with van der Waals surface area (Å²) >= 11 is 0. The first-order valence-electron chi connectivity index (χ1n) is 14.3. The smallest absolute Gasteiger partial charge is 0.482 e. The van der Waals surface area contributed by atoms with Crippen LogP contribution in [0.3, 0.4) is 0 Å². The van der Waals surface area contributed by atoms with Crippen molar-refractivity contribution in [2.45, 2.75) is 6.61 Å². The van der Waals surface area contributed by atoms with Gasteiger partial charge in [-0.15, -0.1) is 25.2 Å². The van der Waals surface area contributed by atoms with Crippen molar-refractivity contribution in [3.63, 3.8) is 0 Å². The van der Waals surface area contributed by atoms with Crippen LogP contribution in [0.4, 0.5) is 25.2 Å². The summed E-state index contributed by atoms with van der Waals surface area (Å²) in [4.78, 5) is 100.0. The maximum atomic E-state index is 12.4. The molecule has 4 rings (SSSR count). The normalized spacial score (nSPS) is 14.0. The molecule has 1 amide bonds. The number of carbonyl (C=O) groups is 1. The van der Waals surface area contributed by atoms with Gasteiger partial charge in [0, 0.05) is 32.2 Å². The molecule has 0 aromatic heterocycles. The summed E-state index contributed by atoms with van der Waals surface area (Å²) in [6.07, 6.45) is 0. The van der Waals surface area contributed by atoms with Gasteiger partial charge in [0.15, 0.2) is 6.61 Å². The van der Waals surface area contributed by atoms with E-state index >= 15 is 0 Å². The number of hydrogen-bond acceptors (Lipinski definition) is 13. The summed E-state index contributed by atoms with van der Waals surface area (Å²) in [5.74, 6) is 1.26. The van der Waals surface area contributed by atoms with E-state index in [-0.39, 0.29) is 12.5 Å². The van der Waals surface area contributed by atoms with Crippen LogP contribution in [0.15, 0.2) is 36.4 Å². The van der Waals surface area contributed by atoms with E-state index in [9.17, 15) is 40.3 Å². The molecule has 2 aliphatic rings. The molecule has 60 heavy (non-hydrogen) atoms. The molecule has 26 nitrogen and oxygen atoms in total. The van der Waals surface area contributed by atoms with E-state index in [1.54, 1.807) is 41.3 Å². The molecule has 0 unspecified atom stereocenters. The largest absolute Gasteiger partial charge is 0.507 e. The summed E-state index contributed by atoms with van der Waals surface area (Å²) in [7, 11) is -29.7. The lowest BCUT2D eigenvalue weighted by Crippen LogP contribution is -2.48. The van der Waals surface area contributed by atoms with Gasteiger partial charge in [0.2, 0.25) is 0 Å². The van der Waals surface area contributed by atoms with Gasteiger partial charge in [-0.05, 0) is 42.3 Å². The number of benzene rings is 2. The van der Waals surface area contributed by atoms with Gasteiger partial charge in [-0.25, -0.2) is 27.4 Å². The van der Waals surface area contributed by atoms with Crippen LogP contribution < -0.4 is 14.9 Å². The Morgan fingerprint density at radius 2 is 1.07 bits per heavy atom. The summed E-state index contributed by atoms with van der Waals surface area (Å²) in [6.45, 7) is 3.20. The average Bonchev–Trinajstić information content (AvgIpc) is 3.35. The Hall–Kier alpha value is -2.58. The number of hydrogen-bond donors (Lipinski definition) is 13. The Kier molecular flexibility index (Phi) is 28.3. The van der Waals surface area contributed by atoms with Gasteiger partial charge < -0.3 is 29.0 Å². The summed E-state index contributed by atoms with van der Waals surface area (Å²) in [5.41, 5.74) is 1.93. The second-order valence-corrected chi connectivity index (χ2v) is 15.9. The van der Waals surface area contributed by atoms with Gasteiger partial charge in [0.1, 0.15) is 23.3 Å². The van der Waals surface area contributed by atoms with Crippen LogP contribution in [0.2, 0.25) is 0 Å². The monoisotopic (exact) mass is 1010 g/mol. The predicted molar refractivity (Wildman–Crippen MR) is 189 cm³/mol. The van der Waals surface area contributed by atoms with E-state index in [1.807, 2.05) is 7.05 Å². The number of ether oxygens (including phenoxy) is 2. The molecule has 0 bridgehead atoms. The minimum absolute atomic E-state index is 0.101. The first-order valence-corrected chi connectivity index (χ1v) is 23.3. The fourth-order valence-electron chi connectivity index (χ4n) is 3.47. The molecular weight excluding hydrogens is 973 g/mol. The number of halogens is 6. The molecule has 2 heterocycles. The summed E-state index contributed by atoms with van der Waals surface area (Å²) in [5, 5.41) is 19.1. The Balaban J connectivity index is -0.000000876. The van der Waals surface area contributed by atoms with E-state index in [2.05, 4.69) is 11.0 Å². The van der Waals surface area contributed by atoms with E-state index in [0.29, 0.717) is 42.5 Å². The number of carbonyl (C=O) groups excluding carboxylic acids is 1. The molecule has 2 aromatic rings. The highest BCUT2D eigenvalue weighted by Crippen LogP contribution is 2.37. The number of likely N-dealkylation sites (N-methyl/N-ethyl adjacent to an activating group) is 1. The average molecular weight is 1010 g/mol. The van der Waals surface area contributed by atoms with Gasteiger partial charge in [0.05, 0.1) is 12.2 Å². The third-order valence-electron chi connectivity index (χ3n) is 5.29. The minimum Gasteiger partial charge on any atom is -0.482 e. The highest BCUT2D eigenvalue weighted by molar-refractivity contribution is 7.46. The molecular formula is C21H34BF6N3O23P6. The van der Waals surface area contributed by atoms with Crippen molar-refractivity contribution < 1.29 is 135 Å². The zero-order valence-corrected chi connectivity index (χ0v) is 34.8. The first-order chi connectivity index (χ1) is 26.5.